The van der Waals surface area contributed by atoms with E-state index in [-0.39, 0.29) is 22.9 Å². The maximum atomic E-state index is 13.9. The Hall–Kier alpha value is -2.36. The highest BCUT2D eigenvalue weighted by Gasteiger charge is 2.18. The Kier molecular flexibility index (Phi) is 6.49. The molecule has 5 nitrogen and oxygen atoms in total. The van der Waals surface area contributed by atoms with Crippen molar-refractivity contribution >= 4 is 34.7 Å². The Bertz CT molecular complexity index is 930. The number of halogens is 2. The number of benzene rings is 1. The van der Waals surface area contributed by atoms with E-state index in [0.29, 0.717) is 17.9 Å². The molecule has 2 N–H and O–H groups in total. The van der Waals surface area contributed by atoms with Crippen molar-refractivity contribution in [2.75, 3.05) is 17.7 Å². The van der Waals surface area contributed by atoms with Gasteiger partial charge in [0.25, 0.3) is 5.91 Å². The van der Waals surface area contributed by atoms with Crippen LogP contribution in [0.4, 0.5) is 14.5 Å². The zero-order valence-electron chi connectivity index (χ0n) is 14.0. The third kappa shape index (κ3) is 4.68. The molecule has 2 heterocycles. The van der Waals surface area contributed by atoms with E-state index in [1.165, 1.54) is 29.4 Å². The predicted octanol–water partition coefficient (Wildman–Crippen LogP) is 4.21. The lowest BCUT2D eigenvalue weighted by Crippen LogP contribution is -2.13. The second-order valence-electron chi connectivity index (χ2n) is 5.39. The van der Waals surface area contributed by atoms with Crippen LogP contribution < -0.4 is 5.32 Å². The smallest absolute Gasteiger partial charge is 0.275 e. The van der Waals surface area contributed by atoms with Gasteiger partial charge in [-0.15, -0.1) is 23.1 Å². The summed E-state index contributed by atoms with van der Waals surface area (Å²) in [6.07, 6.45) is 3.76. The highest BCUT2D eigenvalue weighted by molar-refractivity contribution is 7.99. The fraction of sp³-hybridized carbons (Fsp3) is 0.167. The van der Waals surface area contributed by atoms with E-state index in [9.17, 15) is 13.6 Å². The Balaban J connectivity index is 1.78. The van der Waals surface area contributed by atoms with Crippen LogP contribution in [0.1, 0.15) is 16.9 Å². The zero-order chi connectivity index (χ0) is 19.2. The largest absolute Gasteiger partial charge is 0.396 e. The summed E-state index contributed by atoms with van der Waals surface area (Å²) in [5.41, 5.74) is 0.327. The lowest BCUT2D eigenvalue weighted by Gasteiger charge is -2.09. The van der Waals surface area contributed by atoms with E-state index in [1.54, 1.807) is 12.3 Å². The van der Waals surface area contributed by atoms with Gasteiger partial charge in [0.05, 0.1) is 17.4 Å². The van der Waals surface area contributed by atoms with Gasteiger partial charge in [-0.3, -0.25) is 9.78 Å². The van der Waals surface area contributed by atoms with Crippen LogP contribution in [-0.4, -0.2) is 33.3 Å². The molecule has 0 spiro atoms. The number of anilines is 1. The van der Waals surface area contributed by atoms with Crippen LogP contribution in [0.2, 0.25) is 0 Å². The lowest BCUT2D eigenvalue weighted by atomic mass is 10.2. The molecule has 0 unspecified atom stereocenters. The number of carbonyl (C=O) groups is 1. The molecule has 0 fully saturated rings. The molecule has 3 aromatic rings. The first-order valence-electron chi connectivity index (χ1n) is 7.99. The topological polar surface area (TPSA) is 75.1 Å². The second-order valence-corrected chi connectivity index (χ2v) is 7.38. The minimum atomic E-state index is -0.730. The van der Waals surface area contributed by atoms with E-state index < -0.39 is 17.5 Å². The number of pyridine rings is 1. The van der Waals surface area contributed by atoms with Gasteiger partial charge in [-0.1, -0.05) is 6.07 Å². The molecule has 0 aliphatic carbocycles. The maximum Gasteiger partial charge on any atom is 0.275 e. The second kappa shape index (κ2) is 9.03. The number of hydrogen-bond acceptors (Lipinski definition) is 6. The van der Waals surface area contributed by atoms with Crippen molar-refractivity contribution in [2.24, 2.45) is 0 Å². The molecule has 140 valence electrons. The average molecular weight is 407 g/mol. The van der Waals surface area contributed by atoms with Crippen LogP contribution in [0.25, 0.3) is 10.6 Å². The monoisotopic (exact) mass is 407 g/mol. The van der Waals surface area contributed by atoms with E-state index in [0.717, 1.165) is 28.4 Å². The predicted molar refractivity (Wildman–Crippen MR) is 102 cm³/mol. The molecule has 0 saturated heterocycles. The maximum absolute atomic E-state index is 13.9. The third-order valence-corrected chi connectivity index (χ3v) is 5.52. The normalized spacial score (nSPS) is 10.8. The summed E-state index contributed by atoms with van der Waals surface area (Å²) in [5, 5.41) is 13.2. The van der Waals surface area contributed by atoms with Gasteiger partial charge in [0.15, 0.2) is 0 Å². The van der Waals surface area contributed by atoms with E-state index in [2.05, 4.69) is 15.3 Å². The van der Waals surface area contributed by atoms with Crippen LogP contribution in [-0.2, 0) is 0 Å². The Labute approximate surface area is 162 Å². The van der Waals surface area contributed by atoms with Crippen LogP contribution in [0, 0.1) is 11.6 Å². The number of nitrogens with zero attached hydrogens (tertiary/aromatic N) is 2. The van der Waals surface area contributed by atoms with Crippen LogP contribution in [0.15, 0.2) is 46.9 Å². The number of thiazole rings is 1. The summed E-state index contributed by atoms with van der Waals surface area (Å²) in [7, 11) is 0. The van der Waals surface area contributed by atoms with Crippen molar-refractivity contribution in [1.29, 1.82) is 0 Å². The molecule has 0 aliphatic rings. The molecule has 1 aromatic carbocycles. The summed E-state index contributed by atoms with van der Waals surface area (Å²) in [5.74, 6) is -1.26. The molecule has 1 amide bonds. The molecule has 0 atom stereocenters. The van der Waals surface area contributed by atoms with Gasteiger partial charge in [-0.05, 0) is 24.6 Å². The number of nitrogens with one attached hydrogen (secondary N) is 1. The van der Waals surface area contributed by atoms with E-state index in [4.69, 9.17) is 5.11 Å². The summed E-state index contributed by atoms with van der Waals surface area (Å²) in [6, 6.07) is 5.32. The molecule has 0 aliphatic heterocycles. The van der Waals surface area contributed by atoms with Gasteiger partial charge in [0, 0.05) is 28.8 Å². The fourth-order valence-electron chi connectivity index (χ4n) is 2.23. The quantitative estimate of drug-likeness (QED) is 0.453. The first kappa shape index (κ1) is 19.4. The van der Waals surface area contributed by atoms with Crippen molar-refractivity contribution in [3.05, 3.63) is 59.4 Å². The number of hydrogen-bond donors (Lipinski definition) is 2. The standard InChI is InChI=1S/C18H15F2N3O2S2/c19-11-3-1-4-12(20)16(11)18-23-14(10-27-18)17(25)22-13-9-21-6-5-15(13)26-8-2-7-24/h1,3-6,9-10,24H,2,7-8H2,(H,22,25). The van der Waals surface area contributed by atoms with Gasteiger partial charge >= 0.3 is 0 Å². The van der Waals surface area contributed by atoms with Gasteiger partial charge in [0.2, 0.25) is 0 Å². The number of amides is 1. The summed E-state index contributed by atoms with van der Waals surface area (Å²) < 4.78 is 27.8. The number of aliphatic hydroxyl groups is 1. The van der Waals surface area contributed by atoms with Crippen molar-refractivity contribution in [3.8, 4) is 10.6 Å². The highest BCUT2D eigenvalue weighted by atomic mass is 32.2. The number of aliphatic hydroxyl groups excluding tert-OH is 1. The van der Waals surface area contributed by atoms with Gasteiger partial charge in [-0.25, -0.2) is 13.8 Å². The fourth-order valence-corrected chi connectivity index (χ4v) is 3.99. The zero-order valence-corrected chi connectivity index (χ0v) is 15.6. The first-order valence-corrected chi connectivity index (χ1v) is 9.85. The summed E-state index contributed by atoms with van der Waals surface area (Å²) >= 11 is 2.47. The van der Waals surface area contributed by atoms with Crippen molar-refractivity contribution in [3.63, 3.8) is 0 Å². The van der Waals surface area contributed by atoms with Crippen LogP contribution >= 0.6 is 23.1 Å². The first-order chi connectivity index (χ1) is 13.1. The Morgan fingerprint density at radius 1 is 1.26 bits per heavy atom. The molecule has 2 aromatic heterocycles. The molecule has 27 heavy (non-hydrogen) atoms. The highest BCUT2D eigenvalue weighted by Crippen LogP contribution is 2.30. The molecular formula is C18H15F2N3O2S2. The molecular weight excluding hydrogens is 392 g/mol. The molecule has 3 rings (SSSR count). The van der Waals surface area contributed by atoms with Gasteiger partial charge in [0.1, 0.15) is 22.3 Å². The number of thioether (sulfide) groups is 1. The van der Waals surface area contributed by atoms with Crippen molar-refractivity contribution in [2.45, 2.75) is 11.3 Å². The van der Waals surface area contributed by atoms with Crippen LogP contribution in [0.3, 0.4) is 0 Å². The molecule has 0 saturated carbocycles. The SMILES string of the molecule is O=C(Nc1cnccc1SCCCO)c1csc(-c2c(F)cccc2F)n1. The van der Waals surface area contributed by atoms with E-state index >= 15 is 0 Å². The number of carbonyl (C=O) groups excluding carboxylic acids is 1. The van der Waals surface area contributed by atoms with Gasteiger partial charge < -0.3 is 10.4 Å². The number of rotatable bonds is 7. The summed E-state index contributed by atoms with van der Waals surface area (Å²) in [4.78, 5) is 21.4. The lowest BCUT2D eigenvalue weighted by molar-refractivity contribution is 0.102. The van der Waals surface area contributed by atoms with Crippen molar-refractivity contribution in [1.82, 2.24) is 9.97 Å². The minimum Gasteiger partial charge on any atom is -0.396 e. The van der Waals surface area contributed by atoms with Crippen LogP contribution in [0.5, 0.6) is 0 Å². The molecule has 0 bridgehead atoms. The van der Waals surface area contributed by atoms with E-state index in [1.807, 2.05) is 0 Å². The third-order valence-electron chi connectivity index (χ3n) is 3.50. The number of aromatic nitrogens is 2. The Morgan fingerprint density at radius 3 is 2.78 bits per heavy atom. The van der Waals surface area contributed by atoms with Crippen molar-refractivity contribution < 1.29 is 18.7 Å². The summed E-state index contributed by atoms with van der Waals surface area (Å²) in [6.45, 7) is 0.0913. The average Bonchev–Trinajstić information content (AvgIpc) is 3.13. The molecule has 0 radical (unpaired) electrons. The minimum absolute atomic E-state index is 0.0628. The Morgan fingerprint density at radius 2 is 2.04 bits per heavy atom. The molecule has 9 heteroatoms. The van der Waals surface area contributed by atoms with Gasteiger partial charge in [-0.2, -0.15) is 0 Å².